The monoisotopic (exact) mass is 272 g/mol. The SMILES string of the molecule is CSCC(C)N=C1NC2(CCCC(C)C2)CS1. The van der Waals surface area contributed by atoms with Gasteiger partial charge in [-0.25, -0.2) is 0 Å². The van der Waals surface area contributed by atoms with Gasteiger partial charge in [-0.05, 0) is 31.9 Å². The lowest BCUT2D eigenvalue weighted by Gasteiger charge is -2.36. The van der Waals surface area contributed by atoms with Crippen LogP contribution in [0.15, 0.2) is 4.99 Å². The molecule has 0 radical (unpaired) electrons. The maximum Gasteiger partial charge on any atom is 0.157 e. The average Bonchev–Trinajstić information content (AvgIpc) is 2.61. The zero-order chi connectivity index (χ0) is 12.3. The Morgan fingerprint density at radius 1 is 1.65 bits per heavy atom. The third-order valence-corrected chi connectivity index (χ3v) is 5.69. The highest BCUT2D eigenvalue weighted by atomic mass is 32.2. The van der Waals surface area contributed by atoms with E-state index in [1.54, 1.807) is 0 Å². The zero-order valence-corrected chi connectivity index (χ0v) is 12.8. The van der Waals surface area contributed by atoms with Crippen molar-refractivity contribution in [2.45, 2.75) is 51.1 Å². The first-order valence-corrected chi connectivity index (χ1v) is 8.99. The average molecular weight is 272 g/mol. The quantitative estimate of drug-likeness (QED) is 0.852. The topological polar surface area (TPSA) is 24.4 Å². The first kappa shape index (κ1) is 13.6. The van der Waals surface area contributed by atoms with Crippen molar-refractivity contribution >= 4 is 28.7 Å². The third kappa shape index (κ3) is 3.57. The molecule has 1 saturated carbocycles. The molecule has 2 rings (SSSR count). The van der Waals surface area contributed by atoms with Crippen molar-refractivity contribution in [1.29, 1.82) is 0 Å². The van der Waals surface area contributed by atoms with E-state index in [2.05, 4.69) is 25.4 Å². The summed E-state index contributed by atoms with van der Waals surface area (Å²) in [6.45, 7) is 4.60. The highest BCUT2D eigenvalue weighted by Crippen LogP contribution is 2.38. The van der Waals surface area contributed by atoms with Crippen LogP contribution in [0.1, 0.15) is 39.5 Å². The second kappa shape index (κ2) is 5.87. The molecule has 2 fully saturated rings. The van der Waals surface area contributed by atoms with Crippen LogP contribution in [0, 0.1) is 5.92 Å². The van der Waals surface area contributed by atoms with Crippen molar-refractivity contribution in [3.05, 3.63) is 0 Å². The van der Waals surface area contributed by atoms with Crippen LogP contribution in [0.4, 0.5) is 0 Å². The van der Waals surface area contributed by atoms with Crippen LogP contribution in [-0.4, -0.2) is 34.5 Å². The fourth-order valence-electron chi connectivity index (χ4n) is 2.96. The molecule has 1 N–H and O–H groups in total. The number of aliphatic imine (C=N–C) groups is 1. The summed E-state index contributed by atoms with van der Waals surface area (Å²) >= 11 is 3.81. The second-order valence-electron chi connectivity index (χ2n) is 5.63. The number of rotatable bonds is 3. The smallest absolute Gasteiger partial charge is 0.157 e. The Morgan fingerprint density at radius 3 is 3.18 bits per heavy atom. The molecule has 0 amide bonds. The van der Waals surface area contributed by atoms with Crippen molar-refractivity contribution in [2.24, 2.45) is 10.9 Å². The summed E-state index contributed by atoms with van der Waals surface area (Å²) in [7, 11) is 0. The van der Waals surface area contributed by atoms with Crippen LogP contribution in [0.3, 0.4) is 0 Å². The third-order valence-electron chi connectivity index (χ3n) is 3.69. The minimum absolute atomic E-state index is 0.375. The maximum absolute atomic E-state index is 4.79. The van der Waals surface area contributed by atoms with Gasteiger partial charge >= 0.3 is 0 Å². The standard InChI is InChI=1S/C13H24N2S2/c1-10-5-4-6-13(7-10)9-17-12(15-13)14-11(2)8-16-3/h10-11H,4-9H2,1-3H3,(H,14,15). The van der Waals surface area contributed by atoms with Crippen molar-refractivity contribution < 1.29 is 0 Å². The highest BCUT2D eigenvalue weighted by molar-refractivity contribution is 8.14. The molecule has 0 aromatic heterocycles. The predicted octanol–water partition coefficient (Wildman–Crippen LogP) is 3.38. The fraction of sp³-hybridized carbons (Fsp3) is 0.923. The van der Waals surface area contributed by atoms with Gasteiger partial charge in [-0.15, -0.1) is 0 Å². The lowest BCUT2D eigenvalue weighted by atomic mass is 9.78. The van der Waals surface area contributed by atoms with Gasteiger partial charge in [0.2, 0.25) is 0 Å². The normalized spacial score (nSPS) is 37.4. The van der Waals surface area contributed by atoms with Gasteiger partial charge in [0.15, 0.2) is 5.17 Å². The lowest BCUT2D eigenvalue weighted by Crippen LogP contribution is -2.47. The minimum atomic E-state index is 0.375. The number of amidine groups is 1. The van der Waals surface area contributed by atoms with Gasteiger partial charge in [-0.1, -0.05) is 31.5 Å². The predicted molar refractivity (Wildman–Crippen MR) is 81.2 cm³/mol. The van der Waals surface area contributed by atoms with Gasteiger partial charge in [-0.2, -0.15) is 11.8 Å². The van der Waals surface area contributed by atoms with E-state index in [0.29, 0.717) is 11.6 Å². The van der Waals surface area contributed by atoms with Crippen molar-refractivity contribution in [3.63, 3.8) is 0 Å². The molecule has 1 spiro atoms. The molecule has 0 aromatic carbocycles. The first-order valence-electron chi connectivity index (χ1n) is 6.61. The summed E-state index contributed by atoms with van der Waals surface area (Å²) in [6.07, 6.45) is 7.60. The van der Waals surface area contributed by atoms with Crippen LogP contribution in [0.5, 0.6) is 0 Å². The van der Waals surface area contributed by atoms with Gasteiger partial charge in [0.05, 0.1) is 6.04 Å². The maximum atomic E-state index is 4.79. The molecule has 1 aliphatic carbocycles. The van der Waals surface area contributed by atoms with Crippen LogP contribution >= 0.6 is 23.5 Å². The molecule has 1 saturated heterocycles. The molecule has 0 bridgehead atoms. The Kier molecular flexibility index (Phi) is 4.70. The van der Waals surface area contributed by atoms with Crippen LogP contribution in [0.2, 0.25) is 0 Å². The van der Waals surface area contributed by atoms with Gasteiger partial charge in [0.1, 0.15) is 0 Å². The highest BCUT2D eigenvalue weighted by Gasteiger charge is 2.40. The lowest BCUT2D eigenvalue weighted by molar-refractivity contribution is 0.242. The van der Waals surface area contributed by atoms with Crippen LogP contribution in [0.25, 0.3) is 0 Å². The molecular weight excluding hydrogens is 248 g/mol. The van der Waals surface area contributed by atoms with E-state index < -0.39 is 0 Å². The number of thioether (sulfide) groups is 2. The van der Waals surface area contributed by atoms with Crippen LogP contribution < -0.4 is 5.32 Å². The molecule has 4 heteroatoms. The van der Waals surface area contributed by atoms with E-state index in [9.17, 15) is 0 Å². The van der Waals surface area contributed by atoms with E-state index in [-0.39, 0.29) is 0 Å². The van der Waals surface area contributed by atoms with E-state index in [1.165, 1.54) is 36.6 Å². The second-order valence-corrected chi connectivity index (χ2v) is 7.51. The van der Waals surface area contributed by atoms with Gasteiger partial charge in [-0.3, -0.25) is 4.99 Å². The Morgan fingerprint density at radius 2 is 2.47 bits per heavy atom. The summed E-state index contributed by atoms with van der Waals surface area (Å²) in [4.78, 5) is 4.79. The molecule has 2 aliphatic rings. The van der Waals surface area contributed by atoms with Gasteiger partial charge < -0.3 is 5.32 Å². The Bertz CT molecular complexity index is 293. The number of hydrogen-bond donors (Lipinski definition) is 1. The van der Waals surface area contributed by atoms with Crippen molar-refractivity contribution in [2.75, 3.05) is 17.8 Å². The largest absolute Gasteiger partial charge is 0.359 e. The molecule has 17 heavy (non-hydrogen) atoms. The summed E-state index contributed by atoms with van der Waals surface area (Å²) in [6, 6.07) is 0.441. The number of hydrogen-bond acceptors (Lipinski definition) is 3. The van der Waals surface area contributed by atoms with Gasteiger partial charge in [0.25, 0.3) is 0 Å². The summed E-state index contributed by atoms with van der Waals surface area (Å²) in [5.41, 5.74) is 0.375. The minimum Gasteiger partial charge on any atom is -0.359 e. The van der Waals surface area contributed by atoms with Crippen molar-refractivity contribution in [3.8, 4) is 0 Å². The van der Waals surface area contributed by atoms with E-state index in [1.807, 2.05) is 23.5 Å². The molecule has 98 valence electrons. The van der Waals surface area contributed by atoms with Gasteiger partial charge in [0, 0.05) is 17.0 Å². The molecule has 1 aliphatic heterocycles. The Labute approximate surface area is 114 Å². The summed E-state index contributed by atoms with van der Waals surface area (Å²) < 4.78 is 0. The number of nitrogens with one attached hydrogen (secondary N) is 1. The molecule has 2 nitrogen and oxygen atoms in total. The Balaban J connectivity index is 1.94. The van der Waals surface area contributed by atoms with Crippen LogP contribution in [-0.2, 0) is 0 Å². The molecule has 1 heterocycles. The Hall–Kier alpha value is 0.170. The zero-order valence-electron chi connectivity index (χ0n) is 11.2. The van der Waals surface area contributed by atoms with E-state index in [4.69, 9.17) is 4.99 Å². The molecular formula is C13H24N2S2. The van der Waals surface area contributed by atoms with E-state index >= 15 is 0 Å². The number of nitrogens with zero attached hydrogens (tertiary/aromatic N) is 1. The van der Waals surface area contributed by atoms with Crippen molar-refractivity contribution in [1.82, 2.24) is 5.32 Å². The summed E-state index contributed by atoms with van der Waals surface area (Å²) in [5, 5.41) is 4.92. The molecule has 3 atom stereocenters. The summed E-state index contributed by atoms with van der Waals surface area (Å²) in [5.74, 6) is 3.22. The molecule has 3 unspecified atom stereocenters. The fourth-order valence-corrected chi connectivity index (χ4v) is 4.81. The molecule has 0 aromatic rings. The first-order chi connectivity index (χ1) is 8.13. The van der Waals surface area contributed by atoms with E-state index in [0.717, 1.165) is 11.7 Å².